The van der Waals surface area contributed by atoms with Gasteiger partial charge in [0.25, 0.3) is 0 Å². The van der Waals surface area contributed by atoms with Crippen LogP contribution in [0.3, 0.4) is 0 Å². The van der Waals surface area contributed by atoms with Gasteiger partial charge in [-0.1, -0.05) is 12.1 Å². The van der Waals surface area contributed by atoms with E-state index in [1.165, 1.54) is 0 Å². The smallest absolute Gasteiger partial charge is 0.174 e. The summed E-state index contributed by atoms with van der Waals surface area (Å²) in [5.74, 6) is 3.19. The van der Waals surface area contributed by atoms with Crippen molar-refractivity contribution < 1.29 is 9.47 Å². The SMILES string of the molecule is COc1ccc(Oc2ccc(N3C(=S)NC(c4ccccn4)C3c3cc(C)n(-c4ncccc4C)c3C)cc2)cc1. The highest BCUT2D eigenvalue weighted by molar-refractivity contribution is 7.80. The largest absolute Gasteiger partial charge is 0.497 e. The summed E-state index contributed by atoms with van der Waals surface area (Å²) in [6.07, 6.45) is 3.66. The van der Waals surface area contributed by atoms with Gasteiger partial charge in [-0.3, -0.25) is 4.98 Å². The molecule has 41 heavy (non-hydrogen) atoms. The number of anilines is 1. The van der Waals surface area contributed by atoms with E-state index in [-0.39, 0.29) is 12.1 Å². The Labute approximate surface area is 245 Å². The highest BCUT2D eigenvalue weighted by atomic mass is 32.1. The van der Waals surface area contributed by atoms with Crippen LogP contribution in [0.25, 0.3) is 5.82 Å². The fourth-order valence-electron chi connectivity index (χ4n) is 5.53. The van der Waals surface area contributed by atoms with E-state index >= 15 is 0 Å². The Morgan fingerprint density at radius 2 is 1.49 bits per heavy atom. The lowest BCUT2D eigenvalue weighted by molar-refractivity contribution is 0.413. The fraction of sp³-hybridized carbons (Fsp3) is 0.182. The standard InChI is InChI=1S/C33H31N5O2S/c1-21-8-7-19-35-32(21)37-22(2)20-28(23(37)3)31-30(29-9-5-6-18-34-29)36-33(41)38(31)24-10-12-26(13-11-24)40-27-16-14-25(39-4)15-17-27/h5-20,30-31H,1-4H3,(H,36,41). The van der Waals surface area contributed by atoms with Crippen molar-refractivity contribution in [1.29, 1.82) is 0 Å². The summed E-state index contributed by atoms with van der Waals surface area (Å²) < 4.78 is 13.6. The summed E-state index contributed by atoms with van der Waals surface area (Å²) in [4.78, 5) is 11.6. The molecular weight excluding hydrogens is 530 g/mol. The lowest BCUT2D eigenvalue weighted by Gasteiger charge is -2.28. The van der Waals surface area contributed by atoms with Crippen LogP contribution in [0.5, 0.6) is 17.2 Å². The number of benzene rings is 2. The van der Waals surface area contributed by atoms with Crippen molar-refractivity contribution in [3.8, 4) is 23.1 Å². The van der Waals surface area contributed by atoms with Gasteiger partial charge in [-0.15, -0.1) is 0 Å². The zero-order chi connectivity index (χ0) is 28.5. The zero-order valence-corrected chi connectivity index (χ0v) is 24.2. The molecule has 1 aliphatic heterocycles. The first kappa shape index (κ1) is 26.5. The second-order valence-electron chi connectivity index (χ2n) is 10.1. The molecule has 5 aromatic rings. The third kappa shape index (κ3) is 5.02. The highest BCUT2D eigenvalue weighted by Crippen LogP contribution is 2.44. The molecule has 8 heteroatoms. The molecule has 2 aromatic carbocycles. The number of nitrogens with zero attached hydrogens (tertiary/aromatic N) is 4. The first-order valence-corrected chi connectivity index (χ1v) is 13.9. The minimum atomic E-state index is -0.141. The Balaban J connectivity index is 1.39. The number of rotatable bonds is 7. The van der Waals surface area contributed by atoms with Gasteiger partial charge in [-0.25, -0.2) is 4.98 Å². The molecule has 0 amide bonds. The van der Waals surface area contributed by atoms with Crippen molar-refractivity contribution in [3.63, 3.8) is 0 Å². The van der Waals surface area contributed by atoms with Crippen LogP contribution in [0.1, 0.15) is 40.3 Å². The molecule has 2 atom stereocenters. The van der Waals surface area contributed by atoms with Crippen molar-refractivity contribution in [2.45, 2.75) is 32.9 Å². The van der Waals surface area contributed by atoms with Crippen molar-refractivity contribution >= 4 is 23.0 Å². The molecule has 4 heterocycles. The first-order valence-electron chi connectivity index (χ1n) is 13.5. The molecule has 206 valence electrons. The number of hydrogen-bond acceptors (Lipinski definition) is 5. The Morgan fingerprint density at radius 3 is 2.15 bits per heavy atom. The predicted molar refractivity (Wildman–Crippen MR) is 165 cm³/mol. The van der Waals surface area contributed by atoms with E-state index in [0.29, 0.717) is 5.11 Å². The number of methoxy groups -OCH3 is 1. The van der Waals surface area contributed by atoms with Crippen LogP contribution in [0, 0.1) is 20.8 Å². The Kier molecular flexibility index (Phi) is 7.15. The molecule has 3 aromatic heterocycles. The van der Waals surface area contributed by atoms with Gasteiger partial charge in [0.2, 0.25) is 0 Å². The van der Waals surface area contributed by atoms with Crippen LogP contribution in [0.2, 0.25) is 0 Å². The average Bonchev–Trinajstić information content (AvgIpc) is 3.49. The lowest BCUT2D eigenvalue weighted by Crippen LogP contribution is -2.29. The van der Waals surface area contributed by atoms with E-state index in [0.717, 1.165) is 57.0 Å². The lowest BCUT2D eigenvalue weighted by atomic mass is 9.96. The van der Waals surface area contributed by atoms with Gasteiger partial charge in [0.05, 0.1) is 24.9 Å². The van der Waals surface area contributed by atoms with Gasteiger partial charge in [-0.05, 0) is 117 Å². The minimum Gasteiger partial charge on any atom is -0.497 e. The molecule has 0 aliphatic carbocycles. The molecule has 6 rings (SSSR count). The van der Waals surface area contributed by atoms with Gasteiger partial charge in [0.15, 0.2) is 5.11 Å². The topological polar surface area (TPSA) is 64.4 Å². The van der Waals surface area contributed by atoms with Gasteiger partial charge in [0.1, 0.15) is 23.1 Å². The molecule has 0 bridgehead atoms. The summed E-state index contributed by atoms with van der Waals surface area (Å²) >= 11 is 5.96. The van der Waals surface area contributed by atoms with E-state index in [1.54, 1.807) is 7.11 Å². The quantitative estimate of drug-likeness (QED) is 0.211. The maximum absolute atomic E-state index is 6.08. The molecule has 1 saturated heterocycles. The fourth-order valence-corrected chi connectivity index (χ4v) is 5.87. The van der Waals surface area contributed by atoms with Crippen molar-refractivity contribution in [3.05, 3.63) is 126 Å². The maximum atomic E-state index is 6.08. The molecule has 1 N–H and O–H groups in total. The van der Waals surface area contributed by atoms with Crippen LogP contribution in [0.15, 0.2) is 97.3 Å². The second-order valence-corrected chi connectivity index (χ2v) is 10.5. The average molecular weight is 562 g/mol. The third-order valence-electron chi connectivity index (χ3n) is 7.49. The normalized spacial score (nSPS) is 16.5. The molecule has 1 aliphatic rings. The van der Waals surface area contributed by atoms with Crippen molar-refractivity contribution in [2.24, 2.45) is 0 Å². The van der Waals surface area contributed by atoms with Crippen LogP contribution in [-0.2, 0) is 0 Å². The molecule has 0 radical (unpaired) electrons. The first-order chi connectivity index (χ1) is 19.9. The number of pyridine rings is 2. The van der Waals surface area contributed by atoms with Gasteiger partial charge in [0, 0.05) is 29.5 Å². The number of aryl methyl sites for hydroxylation is 2. The summed E-state index contributed by atoms with van der Waals surface area (Å²) in [7, 11) is 1.65. The number of nitrogens with one attached hydrogen (secondary N) is 1. The minimum absolute atomic E-state index is 0.130. The van der Waals surface area contributed by atoms with Crippen LogP contribution in [-0.4, -0.2) is 26.8 Å². The van der Waals surface area contributed by atoms with Crippen LogP contribution in [0.4, 0.5) is 5.69 Å². The molecule has 0 saturated carbocycles. The summed E-state index contributed by atoms with van der Waals surface area (Å²) in [5.41, 5.74) is 6.40. The van der Waals surface area contributed by atoms with Crippen molar-refractivity contribution in [2.75, 3.05) is 12.0 Å². The summed E-state index contributed by atoms with van der Waals surface area (Å²) in [5, 5.41) is 4.21. The molecule has 0 spiro atoms. The Bertz CT molecular complexity index is 1680. The monoisotopic (exact) mass is 561 g/mol. The summed E-state index contributed by atoms with van der Waals surface area (Å²) in [6, 6.07) is 27.6. The second kappa shape index (κ2) is 11.1. The predicted octanol–water partition coefficient (Wildman–Crippen LogP) is 7.17. The van der Waals surface area contributed by atoms with E-state index in [4.69, 9.17) is 31.7 Å². The van der Waals surface area contributed by atoms with Crippen LogP contribution < -0.4 is 19.7 Å². The number of hydrogen-bond donors (Lipinski definition) is 1. The van der Waals surface area contributed by atoms with Crippen molar-refractivity contribution in [1.82, 2.24) is 19.9 Å². The van der Waals surface area contributed by atoms with Gasteiger partial charge < -0.3 is 24.3 Å². The Morgan fingerprint density at radius 1 is 0.805 bits per heavy atom. The Hall–Kier alpha value is -4.69. The summed E-state index contributed by atoms with van der Waals surface area (Å²) in [6.45, 7) is 6.36. The van der Waals surface area contributed by atoms with Gasteiger partial charge >= 0.3 is 0 Å². The molecular formula is C33H31N5O2S. The number of aromatic nitrogens is 3. The van der Waals surface area contributed by atoms with E-state index in [9.17, 15) is 0 Å². The molecule has 1 fully saturated rings. The molecule has 2 unspecified atom stereocenters. The molecule has 7 nitrogen and oxygen atoms in total. The maximum Gasteiger partial charge on any atom is 0.174 e. The zero-order valence-electron chi connectivity index (χ0n) is 23.4. The third-order valence-corrected chi connectivity index (χ3v) is 7.81. The van der Waals surface area contributed by atoms with Gasteiger partial charge in [-0.2, -0.15) is 0 Å². The van der Waals surface area contributed by atoms with E-state index < -0.39 is 0 Å². The highest BCUT2D eigenvalue weighted by Gasteiger charge is 2.42. The number of thiocarbonyl (C=S) groups is 1. The van der Waals surface area contributed by atoms with E-state index in [2.05, 4.69) is 47.7 Å². The van der Waals surface area contributed by atoms with Crippen LogP contribution >= 0.6 is 12.2 Å². The number of ether oxygens (including phenoxy) is 2. The van der Waals surface area contributed by atoms with E-state index in [1.807, 2.05) is 85.2 Å².